The predicted molar refractivity (Wildman–Crippen MR) is 110 cm³/mol. The summed E-state index contributed by atoms with van der Waals surface area (Å²) in [6.07, 6.45) is 0. The van der Waals surface area contributed by atoms with E-state index in [9.17, 15) is 0 Å². The van der Waals surface area contributed by atoms with Crippen LogP contribution in [0.3, 0.4) is 0 Å². The summed E-state index contributed by atoms with van der Waals surface area (Å²) in [7, 11) is 6.59. The third-order valence-corrected chi connectivity index (χ3v) is 5.94. The topological polar surface area (TPSA) is 49.8 Å². The van der Waals surface area contributed by atoms with Crippen LogP contribution in [-0.2, 0) is 5.75 Å². The summed E-state index contributed by atoms with van der Waals surface area (Å²) in [6.45, 7) is 0. The zero-order valence-electron chi connectivity index (χ0n) is 15.6. The van der Waals surface area contributed by atoms with Gasteiger partial charge in [-0.3, -0.25) is 0 Å². The molecule has 0 fully saturated rings. The molecule has 0 N–H and O–H groups in total. The van der Waals surface area contributed by atoms with Gasteiger partial charge in [0.25, 0.3) is 0 Å². The van der Waals surface area contributed by atoms with Crippen molar-refractivity contribution in [2.45, 2.75) is 10.6 Å². The normalized spacial score (nSPS) is 10.5. The third-order valence-electron chi connectivity index (χ3n) is 3.93. The van der Waals surface area contributed by atoms with Crippen molar-refractivity contribution in [3.05, 3.63) is 47.5 Å². The predicted octanol–water partition coefficient (Wildman–Crippen LogP) is 5.14. The van der Waals surface area contributed by atoms with Crippen LogP contribution >= 0.6 is 23.1 Å². The van der Waals surface area contributed by atoms with E-state index >= 15 is 0 Å². The van der Waals surface area contributed by atoms with Crippen LogP contribution in [0.5, 0.6) is 23.0 Å². The highest BCUT2D eigenvalue weighted by Crippen LogP contribution is 2.37. The fraction of sp³-hybridized carbons (Fsp3) is 0.250. The van der Waals surface area contributed by atoms with Crippen molar-refractivity contribution < 1.29 is 18.9 Å². The number of thioether (sulfide) groups is 1. The summed E-state index contributed by atoms with van der Waals surface area (Å²) in [4.78, 5) is 5.78. The Balaban J connectivity index is 1.75. The summed E-state index contributed by atoms with van der Waals surface area (Å²) in [5, 5.41) is 3.02. The number of hydrogen-bond acceptors (Lipinski definition) is 7. The SMILES string of the molecule is COc1ccc(OC)c(SCc2csc(-c3ccc(OC)c(OC)c3)n2)c1. The summed E-state index contributed by atoms with van der Waals surface area (Å²) >= 11 is 3.28. The van der Waals surface area contributed by atoms with E-state index in [4.69, 9.17) is 23.9 Å². The number of rotatable bonds is 8. The fourth-order valence-corrected chi connectivity index (χ4v) is 4.39. The zero-order valence-corrected chi connectivity index (χ0v) is 17.3. The lowest BCUT2D eigenvalue weighted by molar-refractivity contribution is 0.355. The van der Waals surface area contributed by atoms with Gasteiger partial charge < -0.3 is 18.9 Å². The Kier molecular flexibility index (Phi) is 6.47. The number of aromatic nitrogens is 1. The minimum Gasteiger partial charge on any atom is -0.497 e. The molecule has 0 unspecified atom stereocenters. The first-order valence-corrected chi connectivity index (χ1v) is 10.1. The molecule has 0 radical (unpaired) electrons. The van der Waals surface area contributed by atoms with Crippen LogP contribution in [0.25, 0.3) is 10.6 Å². The second-order valence-electron chi connectivity index (χ2n) is 5.52. The lowest BCUT2D eigenvalue weighted by Crippen LogP contribution is -1.91. The molecule has 142 valence electrons. The minimum absolute atomic E-state index is 0.697. The second-order valence-corrected chi connectivity index (χ2v) is 7.39. The maximum absolute atomic E-state index is 5.44. The van der Waals surface area contributed by atoms with Crippen LogP contribution in [-0.4, -0.2) is 33.4 Å². The van der Waals surface area contributed by atoms with Gasteiger partial charge >= 0.3 is 0 Å². The number of benzene rings is 2. The van der Waals surface area contributed by atoms with Crippen LogP contribution in [0.15, 0.2) is 46.7 Å². The third kappa shape index (κ3) is 4.48. The average molecular weight is 404 g/mol. The monoisotopic (exact) mass is 403 g/mol. The van der Waals surface area contributed by atoms with Gasteiger partial charge in [-0.1, -0.05) is 0 Å². The Labute approximate surface area is 167 Å². The Hall–Kier alpha value is -2.38. The van der Waals surface area contributed by atoms with Crippen molar-refractivity contribution in [2.75, 3.05) is 28.4 Å². The molecule has 0 aliphatic carbocycles. The van der Waals surface area contributed by atoms with E-state index in [0.717, 1.165) is 38.4 Å². The first-order chi connectivity index (χ1) is 13.2. The van der Waals surface area contributed by atoms with Gasteiger partial charge in [-0.25, -0.2) is 4.98 Å². The fourth-order valence-electron chi connectivity index (χ4n) is 2.52. The quantitative estimate of drug-likeness (QED) is 0.486. The molecule has 5 nitrogen and oxygen atoms in total. The van der Waals surface area contributed by atoms with Crippen LogP contribution in [0.2, 0.25) is 0 Å². The Morgan fingerprint density at radius 3 is 2.30 bits per heavy atom. The van der Waals surface area contributed by atoms with Gasteiger partial charge in [0.1, 0.15) is 16.5 Å². The van der Waals surface area contributed by atoms with Crippen molar-refractivity contribution >= 4 is 23.1 Å². The number of thiazole rings is 1. The van der Waals surface area contributed by atoms with E-state index in [1.807, 2.05) is 36.4 Å². The molecule has 0 saturated carbocycles. The molecule has 0 aliphatic heterocycles. The highest BCUT2D eigenvalue weighted by atomic mass is 32.2. The largest absolute Gasteiger partial charge is 0.497 e. The molecule has 0 aliphatic rings. The molecule has 1 heterocycles. The zero-order chi connectivity index (χ0) is 19.2. The molecule has 1 aromatic heterocycles. The first kappa shape index (κ1) is 19.4. The molecule has 7 heteroatoms. The molecular weight excluding hydrogens is 382 g/mol. The lowest BCUT2D eigenvalue weighted by atomic mass is 10.2. The molecule has 0 atom stereocenters. The minimum atomic E-state index is 0.697. The Bertz CT molecular complexity index is 911. The number of hydrogen-bond donors (Lipinski definition) is 0. The van der Waals surface area contributed by atoms with Gasteiger partial charge in [-0.15, -0.1) is 23.1 Å². The van der Waals surface area contributed by atoms with E-state index in [1.165, 1.54) is 0 Å². The van der Waals surface area contributed by atoms with Crippen molar-refractivity contribution in [1.82, 2.24) is 4.98 Å². The van der Waals surface area contributed by atoms with Crippen molar-refractivity contribution in [3.8, 4) is 33.6 Å². The molecular formula is C20H21NO4S2. The summed E-state index contributed by atoms with van der Waals surface area (Å²) in [5.74, 6) is 3.78. The van der Waals surface area contributed by atoms with E-state index < -0.39 is 0 Å². The average Bonchev–Trinajstić information content (AvgIpc) is 3.20. The molecule has 3 rings (SSSR count). The molecule has 0 saturated heterocycles. The summed E-state index contributed by atoms with van der Waals surface area (Å²) < 4.78 is 21.4. The van der Waals surface area contributed by atoms with E-state index in [1.54, 1.807) is 51.5 Å². The van der Waals surface area contributed by atoms with E-state index in [2.05, 4.69) is 5.38 Å². The molecule has 0 amide bonds. The second kappa shape index (κ2) is 9.01. The van der Waals surface area contributed by atoms with Gasteiger partial charge in [0.15, 0.2) is 11.5 Å². The summed E-state index contributed by atoms with van der Waals surface area (Å²) in [6, 6.07) is 11.6. The maximum atomic E-state index is 5.44. The van der Waals surface area contributed by atoms with Gasteiger partial charge in [-0.2, -0.15) is 0 Å². The van der Waals surface area contributed by atoms with Crippen LogP contribution in [0.1, 0.15) is 5.69 Å². The standard InChI is InChI=1S/C20H21NO4S2/c1-22-15-6-8-17(24-3)19(10-15)26-11-14-12-27-20(21-14)13-5-7-16(23-2)18(9-13)25-4/h5-10,12H,11H2,1-4H3. The number of nitrogens with zero attached hydrogens (tertiary/aromatic N) is 1. The Morgan fingerprint density at radius 1 is 0.852 bits per heavy atom. The molecule has 2 aromatic carbocycles. The first-order valence-electron chi connectivity index (χ1n) is 8.20. The number of methoxy groups -OCH3 is 4. The van der Waals surface area contributed by atoms with Crippen molar-refractivity contribution in [3.63, 3.8) is 0 Å². The molecule has 3 aromatic rings. The molecule has 27 heavy (non-hydrogen) atoms. The maximum Gasteiger partial charge on any atom is 0.161 e. The summed E-state index contributed by atoms with van der Waals surface area (Å²) in [5.41, 5.74) is 2.02. The van der Waals surface area contributed by atoms with Crippen molar-refractivity contribution in [1.29, 1.82) is 0 Å². The van der Waals surface area contributed by atoms with Gasteiger partial charge in [0, 0.05) is 16.7 Å². The molecule has 0 bridgehead atoms. The van der Waals surface area contributed by atoms with Gasteiger partial charge in [0.05, 0.1) is 39.0 Å². The Morgan fingerprint density at radius 2 is 1.59 bits per heavy atom. The van der Waals surface area contributed by atoms with Crippen LogP contribution in [0.4, 0.5) is 0 Å². The lowest BCUT2D eigenvalue weighted by Gasteiger charge is -2.09. The molecule has 0 spiro atoms. The van der Waals surface area contributed by atoms with E-state index in [0.29, 0.717) is 11.5 Å². The van der Waals surface area contributed by atoms with Crippen molar-refractivity contribution in [2.24, 2.45) is 0 Å². The van der Waals surface area contributed by atoms with Crippen LogP contribution in [0, 0.1) is 0 Å². The smallest absolute Gasteiger partial charge is 0.161 e. The van der Waals surface area contributed by atoms with Gasteiger partial charge in [-0.05, 0) is 36.4 Å². The number of ether oxygens (including phenoxy) is 4. The highest BCUT2D eigenvalue weighted by molar-refractivity contribution is 7.98. The van der Waals surface area contributed by atoms with Gasteiger partial charge in [0.2, 0.25) is 0 Å². The highest BCUT2D eigenvalue weighted by Gasteiger charge is 2.11. The van der Waals surface area contributed by atoms with E-state index in [-0.39, 0.29) is 0 Å². The van der Waals surface area contributed by atoms with Crippen LogP contribution < -0.4 is 18.9 Å².